The second-order valence-electron chi connectivity index (χ2n) is 4.09. The zero-order chi connectivity index (χ0) is 11.4. The van der Waals surface area contributed by atoms with Crippen molar-refractivity contribution in [2.75, 3.05) is 13.1 Å². The van der Waals surface area contributed by atoms with Gasteiger partial charge in [-0.25, -0.2) is 4.79 Å². The molecule has 2 atom stereocenters. The summed E-state index contributed by atoms with van der Waals surface area (Å²) in [5, 5.41) is 14.8. The lowest BCUT2D eigenvalue weighted by molar-refractivity contribution is 0.185. The Bertz CT molecular complexity index is 347. The van der Waals surface area contributed by atoms with E-state index in [2.05, 4.69) is 10.6 Å². The van der Waals surface area contributed by atoms with Crippen molar-refractivity contribution in [2.45, 2.75) is 12.5 Å². The second-order valence-corrected chi connectivity index (χ2v) is 4.09. The van der Waals surface area contributed by atoms with Crippen molar-refractivity contribution in [3.63, 3.8) is 0 Å². The van der Waals surface area contributed by atoms with E-state index in [9.17, 15) is 4.79 Å². The van der Waals surface area contributed by atoms with Gasteiger partial charge in [-0.2, -0.15) is 0 Å². The predicted molar refractivity (Wildman–Crippen MR) is 61.3 cm³/mol. The molecule has 2 rings (SSSR count). The Morgan fingerprint density at radius 1 is 1.44 bits per heavy atom. The van der Waals surface area contributed by atoms with Crippen molar-refractivity contribution < 1.29 is 9.90 Å². The average Bonchev–Trinajstić information content (AvgIpc) is 2.80. The van der Waals surface area contributed by atoms with Gasteiger partial charge < -0.3 is 15.7 Å². The predicted octanol–water partition coefficient (Wildman–Crippen LogP) is 1.60. The van der Waals surface area contributed by atoms with Crippen LogP contribution in [-0.2, 0) is 0 Å². The third kappa shape index (κ3) is 2.52. The molecular weight excluding hydrogens is 204 g/mol. The number of carbonyl (C=O) groups is 1. The van der Waals surface area contributed by atoms with Gasteiger partial charge in [-0.15, -0.1) is 0 Å². The molecule has 0 bridgehead atoms. The molecule has 4 heteroatoms. The number of benzene rings is 1. The summed E-state index contributed by atoms with van der Waals surface area (Å²) in [6.07, 6.45) is 0.0561. The van der Waals surface area contributed by atoms with Gasteiger partial charge in [0.25, 0.3) is 0 Å². The molecule has 1 fully saturated rings. The van der Waals surface area contributed by atoms with Crippen LogP contribution < -0.4 is 10.6 Å². The van der Waals surface area contributed by atoms with E-state index in [1.165, 1.54) is 0 Å². The van der Waals surface area contributed by atoms with Gasteiger partial charge in [-0.05, 0) is 24.4 Å². The first-order valence-electron chi connectivity index (χ1n) is 5.52. The molecule has 3 N–H and O–H groups in total. The van der Waals surface area contributed by atoms with Crippen molar-refractivity contribution >= 4 is 6.09 Å². The van der Waals surface area contributed by atoms with Crippen LogP contribution in [0.2, 0.25) is 0 Å². The highest BCUT2D eigenvalue weighted by Gasteiger charge is 2.27. The lowest BCUT2D eigenvalue weighted by Gasteiger charge is -2.23. The lowest BCUT2D eigenvalue weighted by Crippen LogP contribution is -2.33. The number of amides is 1. The summed E-state index contributed by atoms with van der Waals surface area (Å²) < 4.78 is 0. The normalized spacial score (nSPS) is 21.6. The van der Waals surface area contributed by atoms with Gasteiger partial charge in [0.05, 0.1) is 6.04 Å². The molecule has 0 saturated carbocycles. The SMILES string of the molecule is O=C(O)NC(c1ccccc1)C1CCNC1. The van der Waals surface area contributed by atoms with Crippen LogP contribution in [0.25, 0.3) is 0 Å². The van der Waals surface area contributed by atoms with Crippen LogP contribution in [0.15, 0.2) is 30.3 Å². The minimum atomic E-state index is -0.958. The van der Waals surface area contributed by atoms with Crippen molar-refractivity contribution in [3.8, 4) is 0 Å². The van der Waals surface area contributed by atoms with Crippen LogP contribution in [0.1, 0.15) is 18.0 Å². The zero-order valence-electron chi connectivity index (χ0n) is 9.02. The summed E-state index contributed by atoms with van der Waals surface area (Å²) in [6.45, 7) is 1.84. The van der Waals surface area contributed by atoms with Crippen molar-refractivity contribution in [3.05, 3.63) is 35.9 Å². The molecule has 1 saturated heterocycles. The smallest absolute Gasteiger partial charge is 0.405 e. The second kappa shape index (κ2) is 4.99. The number of nitrogens with one attached hydrogen (secondary N) is 2. The molecule has 4 nitrogen and oxygen atoms in total. The Kier molecular flexibility index (Phi) is 3.41. The maximum atomic E-state index is 10.8. The van der Waals surface area contributed by atoms with Gasteiger partial charge in [-0.1, -0.05) is 30.3 Å². The quantitative estimate of drug-likeness (QED) is 0.725. The third-order valence-corrected chi connectivity index (χ3v) is 3.01. The minimum absolute atomic E-state index is 0.103. The number of hydrogen-bond acceptors (Lipinski definition) is 2. The fraction of sp³-hybridized carbons (Fsp3) is 0.417. The Balaban J connectivity index is 2.16. The lowest BCUT2D eigenvalue weighted by atomic mass is 9.92. The van der Waals surface area contributed by atoms with E-state index in [1.807, 2.05) is 30.3 Å². The molecule has 1 heterocycles. The van der Waals surface area contributed by atoms with Crippen molar-refractivity contribution in [2.24, 2.45) is 5.92 Å². The third-order valence-electron chi connectivity index (χ3n) is 3.01. The summed E-state index contributed by atoms with van der Waals surface area (Å²) in [4.78, 5) is 10.8. The molecule has 1 aliphatic rings. The largest absolute Gasteiger partial charge is 0.465 e. The molecular formula is C12H16N2O2. The van der Waals surface area contributed by atoms with Gasteiger partial charge in [0, 0.05) is 6.54 Å². The summed E-state index contributed by atoms with van der Waals surface area (Å²) in [5.41, 5.74) is 1.04. The summed E-state index contributed by atoms with van der Waals surface area (Å²) >= 11 is 0. The molecule has 0 spiro atoms. The molecule has 0 aliphatic carbocycles. The van der Waals surface area contributed by atoms with Crippen LogP contribution in [0.4, 0.5) is 4.79 Å². The molecule has 86 valence electrons. The summed E-state index contributed by atoms with van der Waals surface area (Å²) in [5.74, 6) is 0.346. The molecule has 0 radical (unpaired) electrons. The Morgan fingerprint density at radius 2 is 2.19 bits per heavy atom. The molecule has 16 heavy (non-hydrogen) atoms. The standard InChI is InChI=1S/C12H16N2O2/c15-12(16)14-11(10-6-7-13-8-10)9-4-2-1-3-5-9/h1-5,10-11,13-14H,6-8H2,(H,15,16). The number of rotatable bonds is 3. The minimum Gasteiger partial charge on any atom is -0.465 e. The Labute approximate surface area is 94.7 Å². The Morgan fingerprint density at radius 3 is 2.75 bits per heavy atom. The van der Waals surface area contributed by atoms with E-state index >= 15 is 0 Å². The van der Waals surface area contributed by atoms with Crippen LogP contribution >= 0.6 is 0 Å². The number of carboxylic acid groups (broad SMARTS) is 1. The first-order chi connectivity index (χ1) is 7.77. The Hall–Kier alpha value is -1.55. The van der Waals surface area contributed by atoms with Gasteiger partial charge in [0.15, 0.2) is 0 Å². The van der Waals surface area contributed by atoms with Gasteiger partial charge in [-0.3, -0.25) is 0 Å². The zero-order valence-corrected chi connectivity index (χ0v) is 9.02. The molecule has 1 amide bonds. The highest BCUT2D eigenvalue weighted by atomic mass is 16.4. The van der Waals surface area contributed by atoms with E-state index in [1.54, 1.807) is 0 Å². The molecule has 1 aromatic carbocycles. The monoisotopic (exact) mass is 220 g/mol. The van der Waals surface area contributed by atoms with Gasteiger partial charge >= 0.3 is 6.09 Å². The fourth-order valence-corrected chi connectivity index (χ4v) is 2.23. The fourth-order valence-electron chi connectivity index (χ4n) is 2.23. The summed E-state index contributed by atoms with van der Waals surface area (Å²) in [7, 11) is 0. The number of hydrogen-bond donors (Lipinski definition) is 3. The van der Waals surface area contributed by atoms with E-state index in [4.69, 9.17) is 5.11 Å². The first-order valence-corrected chi connectivity index (χ1v) is 5.52. The van der Waals surface area contributed by atoms with E-state index in [-0.39, 0.29) is 6.04 Å². The first kappa shape index (κ1) is 11.0. The summed E-state index contributed by atoms with van der Waals surface area (Å²) in [6, 6.07) is 9.66. The maximum absolute atomic E-state index is 10.8. The van der Waals surface area contributed by atoms with Crippen LogP contribution in [0.3, 0.4) is 0 Å². The highest BCUT2D eigenvalue weighted by molar-refractivity contribution is 5.65. The van der Waals surface area contributed by atoms with E-state index < -0.39 is 6.09 Å². The topological polar surface area (TPSA) is 61.4 Å². The van der Waals surface area contributed by atoms with E-state index in [0.29, 0.717) is 5.92 Å². The molecule has 0 aromatic heterocycles. The molecule has 2 unspecified atom stereocenters. The van der Waals surface area contributed by atoms with Crippen LogP contribution in [0, 0.1) is 5.92 Å². The van der Waals surface area contributed by atoms with Crippen molar-refractivity contribution in [1.82, 2.24) is 10.6 Å². The van der Waals surface area contributed by atoms with Crippen LogP contribution in [0.5, 0.6) is 0 Å². The molecule has 1 aromatic rings. The van der Waals surface area contributed by atoms with Gasteiger partial charge in [0.2, 0.25) is 0 Å². The van der Waals surface area contributed by atoms with Crippen molar-refractivity contribution in [1.29, 1.82) is 0 Å². The maximum Gasteiger partial charge on any atom is 0.405 e. The van der Waals surface area contributed by atoms with Gasteiger partial charge in [0.1, 0.15) is 0 Å². The average molecular weight is 220 g/mol. The van der Waals surface area contributed by atoms with E-state index in [0.717, 1.165) is 25.1 Å². The highest BCUT2D eigenvalue weighted by Crippen LogP contribution is 2.26. The van der Waals surface area contributed by atoms with Crippen LogP contribution in [-0.4, -0.2) is 24.3 Å². The molecule has 1 aliphatic heterocycles.